The van der Waals surface area contributed by atoms with Crippen LogP contribution in [0.15, 0.2) is 40.5 Å². The maximum atomic E-state index is 12.4. The van der Waals surface area contributed by atoms with Gasteiger partial charge >= 0.3 is 5.97 Å². The highest BCUT2D eigenvalue weighted by molar-refractivity contribution is 6.24. The number of anilines is 1. The Morgan fingerprint density at radius 3 is 2.56 bits per heavy atom. The van der Waals surface area contributed by atoms with E-state index in [1.807, 2.05) is 45.0 Å². The fourth-order valence-corrected chi connectivity index (χ4v) is 2.50. The maximum Gasteiger partial charge on any atom is 0.343 e. The maximum absolute atomic E-state index is 12.4. The molecule has 1 heterocycles. The second-order valence-electron chi connectivity index (χ2n) is 7.11. The summed E-state index contributed by atoms with van der Waals surface area (Å²) in [7, 11) is 0. The number of amidine groups is 1. The molecule has 1 aromatic rings. The summed E-state index contributed by atoms with van der Waals surface area (Å²) < 4.78 is 5.15. The van der Waals surface area contributed by atoms with E-state index in [1.54, 1.807) is 13.8 Å². The monoisotopic (exact) mass is 343 g/mol. The first kappa shape index (κ1) is 18.7. The van der Waals surface area contributed by atoms with Crippen LogP contribution in [0.3, 0.4) is 0 Å². The fraction of sp³-hybridized carbons (Fsp3) is 0.421. The van der Waals surface area contributed by atoms with Crippen molar-refractivity contribution in [2.45, 2.75) is 41.0 Å². The number of amides is 1. The number of carbonyl (C=O) groups excluding carboxylic acids is 2. The number of fused-ring (bicyclic) bond motifs is 1. The highest BCUT2D eigenvalue weighted by Crippen LogP contribution is 2.30. The minimum atomic E-state index is -0.518. The van der Waals surface area contributed by atoms with E-state index in [4.69, 9.17) is 4.74 Å². The molecular weight excluding hydrogens is 318 g/mol. The van der Waals surface area contributed by atoms with Crippen molar-refractivity contribution in [3.8, 4) is 0 Å². The lowest BCUT2D eigenvalue weighted by Gasteiger charge is -2.18. The highest BCUT2D eigenvalue weighted by atomic mass is 16.5. The van der Waals surface area contributed by atoms with Crippen molar-refractivity contribution in [2.24, 2.45) is 10.4 Å². The zero-order valence-corrected chi connectivity index (χ0v) is 15.4. The lowest BCUT2D eigenvalue weighted by Crippen LogP contribution is -2.37. The molecule has 1 aliphatic rings. The van der Waals surface area contributed by atoms with Gasteiger partial charge in [-0.3, -0.25) is 4.79 Å². The molecular formula is C19H25N3O3. The molecule has 0 atom stereocenters. The van der Waals surface area contributed by atoms with E-state index in [2.05, 4.69) is 15.6 Å². The number of carbonyl (C=O) groups is 2. The van der Waals surface area contributed by atoms with Crippen LogP contribution in [0.4, 0.5) is 11.4 Å². The van der Waals surface area contributed by atoms with Crippen LogP contribution in [0.2, 0.25) is 0 Å². The van der Waals surface area contributed by atoms with Crippen LogP contribution in [0, 0.1) is 5.41 Å². The van der Waals surface area contributed by atoms with Gasteiger partial charge < -0.3 is 15.4 Å². The average Bonchev–Trinajstić information content (AvgIpc) is 2.60. The predicted molar refractivity (Wildman–Crippen MR) is 98.7 cm³/mol. The topological polar surface area (TPSA) is 79.8 Å². The minimum Gasteiger partial charge on any atom is -0.462 e. The van der Waals surface area contributed by atoms with Crippen molar-refractivity contribution in [1.29, 1.82) is 0 Å². The van der Waals surface area contributed by atoms with Crippen molar-refractivity contribution in [2.75, 3.05) is 11.9 Å². The quantitative estimate of drug-likeness (QED) is 0.823. The number of hydrogen-bond acceptors (Lipinski definition) is 5. The van der Waals surface area contributed by atoms with Crippen molar-refractivity contribution in [3.05, 3.63) is 35.5 Å². The highest BCUT2D eigenvalue weighted by Gasteiger charge is 2.27. The van der Waals surface area contributed by atoms with E-state index >= 15 is 0 Å². The van der Waals surface area contributed by atoms with Crippen LogP contribution in [0.1, 0.15) is 41.0 Å². The van der Waals surface area contributed by atoms with Crippen molar-refractivity contribution >= 4 is 29.1 Å². The molecule has 0 spiro atoms. The third kappa shape index (κ3) is 4.92. The zero-order chi connectivity index (χ0) is 18.6. The number of allylic oxidation sites excluding steroid dienone is 1. The Hall–Kier alpha value is -2.63. The van der Waals surface area contributed by atoms with Crippen LogP contribution in [-0.4, -0.2) is 24.3 Å². The van der Waals surface area contributed by atoms with Crippen molar-refractivity contribution in [1.82, 2.24) is 5.32 Å². The Labute approximate surface area is 148 Å². The van der Waals surface area contributed by atoms with Gasteiger partial charge in [-0.2, -0.15) is 0 Å². The van der Waals surface area contributed by atoms with Crippen LogP contribution in [0.25, 0.3) is 0 Å². The molecule has 0 unspecified atom stereocenters. The third-order valence-electron chi connectivity index (χ3n) is 3.50. The third-order valence-corrected chi connectivity index (χ3v) is 3.50. The summed E-state index contributed by atoms with van der Waals surface area (Å²) in [5.74, 6) is -0.502. The number of esters is 1. The van der Waals surface area contributed by atoms with Gasteiger partial charge in [-0.15, -0.1) is 0 Å². The molecule has 0 aliphatic carbocycles. The number of nitrogens with zero attached hydrogens (tertiary/aromatic N) is 1. The largest absolute Gasteiger partial charge is 0.462 e. The van der Waals surface area contributed by atoms with Crippen LogP contribution in [-0.2, 0) is 14.3 Å². The van der Waals surface area contributed by atoms with Crippen molar-refractivity contribution in [3.63, 3.8) is 0 Å². The molecule has 6 heteroatoms. The van der Waals surface area contributed by atoms with E-state index in [9.17, 15) is 9.59 Å². The summed E-state index contributed by atoms with van der Waals surface area (Å²) in [5, 5.41) is 5.96. The lowest BCUT2D eigenvalue weighted by molar-refractivity contribution is -0.137. The van der Waals surface area contributed by atoms with Gasteiger partial charge in [0.1, 0.15) is 11.4 Å². The molecule has 1 aliphatic heterocycles. The Morgan fingerprint density at radius 2 is 1.92 bits per heavy atom. The summed E-state index contributed by atoms with van der Waals surface area (Å²) in [6.07, 6.45) is 0.316. The smallest absolute Gasteiger partial charge is 0.343 e. The second kappa shape index (κ2) is 7.51. The molecule has 2 rings (SSSR count). The van der Waals surface area contributed by atoms with E-state index in [0.29, 0.717) is 17.8 Å². The molecule has 0 fully saturated rings. The lowest BCUT2D eigenvalue weighted by atomic mass is 9.92. The first-order chi connectivity index (χ1) is 11.7. The van der Waals surface area contributed by atoms with Gasteiger partial charge in [0.05, 0.1) is 18.0 Å². The van der Waals surface area contributed by atoms with E-state index in [0.717, 1.165) is 5.69 Å². The molecule has 0 saturated carbocycles. The Kier molecular flexibility index (Phi) is 5.62. The summed E-state index contributed by atoms with van der Waals surface area (Å²) in [4.78, 5) is 29.3. The second-order valence-corrected chi connectivity index (χ2v) is 7.11. The standard InChI is InChI=1S/C19H25N3O3/c1-6-25-18(24)16-12(2)20-13-9-7-8-10-14(13)21-17(16)22-15(23)11-19(3,4)5/h7-10,20H,6,11H2,1-5H3,(H,21,22,23). The zero-order valence-electron chi connectivity index (χ0n) is 15.4. The van der Waals surface area contributed by atoms with Crippen molar-refractivity contribution < 1.29 is 14.3 Å². The molecule has 2 N–H and O–H groups in total. The normalized spacial score (nSPS) is 14.0. The molecule has 1 aromatic carbocycles. The molecule has 1 amide bonds. The number of benzene rings is 1. The first-order valence-electron chi connectivity index (χ1n) is 8.34. The van der Waals surface area contributed by atoms with Gasteiger partial charge in [0.15, 0.2) is 0 Å². The summed E-state index contributed by atoms with van der Waals surface area (Å²) in [6.45, 7) is 9.68. The fourth-order valence-electron chi connectivity index (χ4n) is 2.50. The minimum absolute atomic E-state index is 0.172. The van der Waals surface area contributed by atoms with E-state index < -0.39 is 5.97 Å². The van der Waals surface area contributed by atoms with Gasteiger partial charge in [0.2, 0.25) is 5.91 Å². The van der Waals surface area contributed by atoms with Crippen LogP contribution in [0.5, 0.6) is 0 Å². The number of ether oxygens (including phenoxy) is 1. The molecule has 25 heavy (non-hydrogen) atoms. The van der Waals surface area contributed by atoms with E-state index in [1.165, 1.54) is 0 Å². The summed E-state index contributed by atoms with van der Waals surface area (Å²) in [5.41, 5.74) is 2.06. The predicted octanol–water partition coefficient (Wildman–Crippen LogP) is 3.53. The number of hydrogen-bond donors (Lipinski definition) is 2. The molecule has 0 bridgehead atoms. The number of nitrogens with one attached hydrogen (secondary N) is 2. The molecule has 0 aromatic heterocycles. The summed E-state index contributed by atoms with van der Waals surface area (Å²) >= 11 is 0. The van der Waals surface area contributed by atoms with Gasteiger partial charge in [-0.25, -0.2) is 9.79 Å². The van der Waals surface area contributed by atoms with E-state index in [-0.39, 0.29) is 29.3 Å². The van der Waals surface area contributed by atoms with Gasteiger partial charge in [-0.1, -0.05) is 32.9 Å². The van der Waals surface area contributed by atoms with Gasteiger partial charge in [0.25, 0.3) is 0 Å². The number of rotatable bonds is 3. The molecule has 0 saturated heterocycles. The SMILES string of the molecule is CCOC(=O)C1=C(C)Nc2ccccc2N=C1NC(=O)CC(C)(C)C. The van der Waals surface area contributed by atoms with Gasteiger partial charge in [-0.05, 0) is 31.4 Å². The number of para-hydroxylation sites is 2. The van der Waals surface area contributed by atoms with Crippen LogP contribution >= 0.6 is 0 Å². The Bertz CT molecular complexity index is 743. The number of aliphatic imine (C=N–C) groups is 1. The Morgan fingerprint density at radius 1 is 1.24 bits per heavy atom. The Balaban J connectivity index is 2.44. The van der Waals surface area contributed by atoms with Gasteiger partial charge in [0, 0.05) is 12.1 Å². The molecule has 134 valence electrons. The van der Waals surface area contributed by atoms with Crippen LogP contribution < -0.4 is 10.6 Å². The summed E-state index contributed by atoms with van der Waals surface area (Å²) in [6, 6.07) is 7.41. The molecule has 0 radical (unpaired) electrons. The first-order valence-corrected chi connectivity index (χ1v) is 8.34. The molecule has 6 nitrogen and oxygen atoms in total. The average molecular weight is 343 g/mol.